The Morgan fingerprint density at radius 2 is 2.15 bits per heavy atom. The molecule has 1 saturated heterocycles. The highest BCUT2D eigenvalue weighted by molar-refractivity contribution is 6.30. The highest BCUT2D eigenvalue weighted by atomic mass is 35.5. The number of nitrogens with zero attached hydrogens (tertiary/aromatic N) is 2. The summed E-state index contributed by atoms with van der Waals surface area (Å²) >= 11 is 5.95. The molecule has 3 rings (SSSR count). The van der Waals surface area contributed by atoms with E-state index in [1.165, 1.54) is 5.56 Å². The van der Waals surface area contributed by atoms with Crippen molar-refractivity contribution in [2.75, 3.05) is 13.1 Å². The van der Waals surface area contributed by atoms with Crippen LogP contribution in [0.5, 0.6) is 0 Å². The van der Waals surface area contributed by atoms with Gasteiger partial charge in [0.25, 0.3) is 5.91 Å². The van der Waals surface area contributed by atoms with E-state index in [9.17, 15) is 4.79 Å². The van der Waals surface area contributed by atoms with Crippen molar-refractivity contribution in [2.45, 2.75) is 45.7 Å². The molecular weight excluding hydrogens is 350 g/mol. The van der Waals surface area contributed by atoms with E-state index in [1.807, 2.05) is 12.1 Å². The average molecular weight is 376 g/mol. The van der Waals surface area contributed by atoms with Crippen molar-refractivity contribution in [1.82, 2.24) is 15.4 Å². The molecule has 1 aromatic carbocycles. The summed E-state index contributed by atoms with van der Waals surface area (Å²) in [6, 6.07) is 9.82. The van der Waals surface area contributed by atoms with Crippen LogP contribution >= 0.6 is 11.6 Å². The van der Waals surface area contributed by atoms with E-state index in [2.05, 4.69) is 41.4 Å². The molecule has 1 aliphatic rings. The molecule has 0 saturated carbocycles. The Kier molecular flexibility index (Phi) is 6.33. The lowest BCUT2D eigenvalue weighted by atomic mass is 10.0. The van der Waals surface area contributed by atoms with Crippen molar-refractivity contribution in [1.29, 1.82) is 0 Å². The number of hydrogen-bond donors (Lipinski definition) is 1. The summed E-state index contributed by atoms with van der Waals surface area (Å²) in [5, 5.41) is 7.77. The number of hydrogen-bond acceptors (Lipinski definition) is 4. The van der Waals surface area contributed by atoms with Gasteiger partial charge in [-0.05, 0) is 43.0 Å². The third-order valence-corrected chi connectivity index (χ3v) is 4.81. The normalized spacial score (nSPS) is 18.2. The molecule has 5 nitrogen and oxygen atoms in total. The van der Waals surface area contributed by atoms with Crippen LogP contribution in [0.25, 0.3) is 0 Å². The Labute approximate surface area is 159 Å². The van der Waals surface area contributed by atoms with Crippen LogP contribution in [0.15, 0.2) is 34.9 Å². The van der Waals surface area contributed by atoms with Crippen LogP contribution in [0.3, 0.4) is 0 Å². The third kappa shape index (κ3) is 5.32. The molecule has 26 heavy (non-hydrogen) atoms. The smallest absolute Gasteiger partial charge is 0.273 e. The van der Waals surface area contributed by atoms with Crippen molar-refractivity contribution >= 4 is 17.5 Å². The summed E-state index contributed by atoms with van der Waals surface area (Å²) in [4.78, 5) is 14.8. The standard InChI is InChI=1S/C20H26ClN3O2/c1-14(2)10-18-11-19(23-26-18)20(25)22-17-4-3-9-24(13-17)12-15-5-7-16(21)8-6-15/h5-8,11,14,17H,3-4,9-10,12-13H2,1-2H3,(H,22,25)/t17-/m0/s1. The predicted octanol–water partition coefficient (Wildman–Crippen LogP) is 3.92. The number of halogens is 1. The van der Waals surface area contributed by atoms with Crippen molar-refractivity contribution < 1.29 is 9.32 Å². The number of rotatable bonds is 6. The van der Waals surface area contributed by atoms with Gasteiger partial charge in [0.1, 0.15) is 5.76 Å². The SMILES string of the molecule is CC(C)Cc1cc(C(=O)N[C@H]2CCCN(Cc3ccc(Cl)cc3)C2)no1. The molecule has 1 amide bonds. The first-order chi connectivity index (χ1) is 12.5. The van der Waals surface area contributed by atoms with Crippen LogP contribution in [0, 0.1) is 5.92 Å². The van der Waals surface area contributed by atoms with E-state index in [-0.39, 0.29) is 11.9 Å². The van der Waals surface area contributed by atoms with E-state index in [1.54, 1.807) is 6.07 Å². The largest absolute Gasteiger partial charge is 0.361 e. The summed E-state index contributed by atoms with van der Waals surface area (Å²) in [7, 11) is 0. The monoisotopic (exact) mass is 375 g/mol. The first kappa shape index (κ1) is 18.9. The van der Waals surface area contributed by atoms with Gasteiger partial charge in [-0.15, -0.1) is 0 Å². The fraction of sp³-hybridized carbons (Fsp3) is 0.500. The zero-order valence-electron chi connectivity index (χ0n) is 15.4. The van der Waals surface area contributed by atoms with Gasteiger partial charge in [0, 0.05) is 36.6 Å². The molecule has 1 fully saturated rings. The zero-order chi connectivity index (χ0) is 18.5. The number of nitrogens with one attached hydrogen (secondary N) is 1. The van der Waals surface area contributed by atoms with Crippen molar-refractivity contribution in [3.8, 4) is 0 Å². The van der Waals surface area contributed by atoms with E-state index in [0.29, 0.717) is 11.6 Å². The van der Waals surface area contributed by atoms with Gasteiger partial charge in [-0.3, -0.25) is 9.69 Å². The molecule has 0 radical (unpaired) electrons. The van der Waals surface area contributed by atoms with Gasteiger partial charge in [-0.25, -0.2) is 0 Å². The van der Waals surface area contributed by atoms with Crippen LogP contribution in [-0.2, 0) is 13.0 Å². The Balaban J connectivity index is 1.53. The van der Waals surface area contributed by atoms with E-state index >= 15 is 0 Å². The van der Waals surface area contributed by atoms with Crippen molar-refractivity contribution in [2.24, 2.45) is 5.92 Å². The summed E-state index contributed by atoms with van der Waals surface area (Å²) in [6.07, 6.45) is 2.84. The molecule has 1 atom stereocenters. The molecule has 0 spiro atoms. The minimum atomic E-state index is -0.151. The lowest BCUT2D eigenvalue weighted by molar-refractivity contribution is 0.0891. The highest BCUT2D eigenvalue weighted by Crippen LogP contribution is 2.16. The molecule has 2 heterocycles. The van der Waals surface area contributed by atoms with Crippen LogP contribution < -0.4 is 5.32 Å². The van der Waals surface area contributed by atoms with E-state index < -0.39 is 0 Å². The number of likely N-dealkylation sites (tertiary alicyclic amines) is 1. The second kappa shape index (κ2) is 8.69. The van der Waals surface area contributed by atoms with E-state index in [4.69, 9.17) is 16.1 Å². The maximum absolute atomic E-state index is 12.4. The van der Waals surface area contributed by atoms with Crippen LogP contribution in [0.1, 0.15) is 48.5 Å². The second-order valence-electron chi connectivity index (χ2n) is 7.45. The fourth-order valence-electron chi connectivity index (χ4n) is 3.34. The molecule has 0 bridgehead atoms. The number of piperidine rings is 1. The van der Waals surface area contributed by atoms with Crippen LogP contribution in [-0.4, -0.2) is 35.1 Å². The highest BCUT2D eigenvalue weighted by Gasteiger charge is 2.23. The molecule has 1 aromatic heterocycles. The molecule has 140 valence electrons. The zero-order valence-corrected chi connectivity index (χ0v) is 16.1. The fourth-order valence-corrected chi connectivity index (χ4v) is 3.47. The topological polar surface area (TPSA) is 58.4 Å². The minimum Gasteiger partial charge on any atom is -0.361 e. The quantitative estimate of drug-likeness (QED) is 0.831. The number of carbonyl (C=O) groups excluding carboxylic acids is 1. The maximum atomic E-state index is 12.4. The average Bonchev–Trinajstić information content (AvgIpc) is 3.05. The number of aromatic nitrogens is 1. The summed E-state index contributed by atoms with van der Waals surface area (Å²) in [5.41, 5.74) is 1.60. The lowest BCUT2D eigenvalue weighted by Crippen LogP contribution is -2.47. The van der Waals surface area contributed by atoms with Crippen molar-refractivity contribution in [3.63, 3.8) is 0 Å². The van der Waals surface area contributed by atoms with Gasteiger partial charge in [0.05, 0.1) is 0 Å². The molecule has 0 unspecified atom stereocenters. The van der Waals surface area contributed by atoms with Crippen LogP contribution in [0.4, 0.5) is 0 Å². The number of benzene rings is 1. The molecule has 0 aliphatic carbocycles. The van der Waals surface area contributed by atoms with Gasteiger partial charge >= 0.3 is 0 Å². The van der Waals surface area contributed by atoms with Gasteiger partial charge in [0.15, 0.2) is 5.69 Å². The van der Waals surface area contributed by atoms with Gasteiger partial charge < -0.3 is 9.84 Å². The molecule has 6 heteroatoms. The number of amides is 1. The third-order valence-electron chi connectivity index (χ3n) is 4.56. The van der Waals surface area contributed by atoms with Gasteiger partial charge in [-0.1, -0.05) is 42.7 Å². The Hall–Kier alpha value is -1.85. The Morgan fingerprint density at radius 3 is 2.88 bits per heavy atom. The van der Waals surface area contributed by atoms with E-state index in [0.717, 1.165) is 49.7 Å². The van der Waals surface area contributed by atoms with Gasteiger partial charge in [-0.2, -0.15) is 0 Å². The summed E-state index contributed by atoms with van der Waals surface area (Å²) < 4.78 is 5.26. The molecule has 1 aliphatic heterocycles. The first-order valence-corrected chi connectivity index (χ1v) is 9.60. The molecular formula is C20H26ClN3O2. The predicted molar refractivity (Wildman–Crippen MR) is 102 cm³/mol. The first-order valence-electron chi connectivity index (χ1n) is 9.23. The minimum absolute atomic E-state index is 0.133. The lowest BCUT2D eigenvalue weighted by Gasteiger charge is -2.33. The Morgan fingerprint density at radius 1 is 1.38 bits per heavy atom. The Bertz CT molecular complexity index is 727. The van der Waals surface area contributed by atoms with Crippen molar-refractivity contribution in [3.05, 3.63) is 52.4 Å². The van der Waals surface area contributed by atoms with Gasteiger partial charge in [0.2, 0.25) is 0 Å². The maximum Gasteiger partial charge on any atom is 0.273 e. The molecule has 2 aromatic rings. The summed E-state index contributed by atoms with van der Waals surface area (Å²) in [5.74, 6) is 1.08. The summed E-state index contributed by atoms with van der Waals surface area (Å²) in [6.45, 7) is 6.97. The van der Waals surface area contributed by atoms with Crippen LogP contribution in [0.2, 0.25) is 5.02 Å². The molecule has 1 N–H and O–H groups in total. The second-order valence-corrected chi connectivity index (χ2v) is 7.89. The number of carbonyl (C=O) groups is 1.